The number of aryl methyl sites for hydroxylation is 1. The van der Waals surface area contributed by atoms with Crippen LogP contribution in [0.2, 0.25) is 0 Å². The Hall–Kier alpha value is -1.02. The fraction of sp³-hybridized carbons (Fsp3) is 0.533. The van der Waals surface area contributed by atoms with Gasteiger partial charge in [-0.2, -0.15) is 0 Å². The normalized spacial score (nSPS) is 11.3. The van der Waals surface area contributed by atoms with Crippen molar-refractivity contribution >= 4 is 17.5 Å². The predicted molar refractivity (Wildman–Crippen MR) is 77.2 cm³/mol. The minimum atomic E-state index is -0.00218. The highest BCUT2D eigenvalue weighted by atomic mass is 35.5. The van der Waals surface area contributed by atoms with E-state index in [1.807, 2.05) is 31.2 Å². The Morgan fingerprint density at radius 3 is 2.72 bits per heavy atom. The van der Waals surface area contributed by atoms with Crippen LogP contribution >= 0.6 is 11.6 Å². The Morgan fingerprint density at radius 2 is 2.11 bits per heavy atom. The van der Waals surface area contributed by atoms with Crippen molar-refractivity contribution in [1.82, 2.24) is 5.32 Å². The number of amides is 1. The quantitative estimate of drug-likeness (QED) is 0.781. The monoisotopic (exact) mass is 267 g/mol. The van der Waals surface area contributed by atoms with Crippen LogP contribution in [0, 0.1) is 12.3 Å². The van der Waals surface area contributed by atoms with Crippen molar-refractivity contribution in [3.8, 4) is 0 Å². The molecular formula is C15H22ClNO. The van der Waals surface area contributed by atoms with Crippen LogP contribution in [0.25, 0.3) is 0 Å². The lowest BCUT2D eigenvalue weighted by Crippen LogP contribution is -2.34. The molecule has 1 aromatic carbocycles. The Morgan fingerprint density at radius 1 is 1.39 bits per heavy atom. The highest BCUT2D eigenvalue weighted by Gasteiger charge is 2.18. The maximum atomic E-state index is 12.0. The summed E-state index contributed by atoms with van der Waals surface area (Å²) in [7, 11) is 0. The molecule has 0 saturated carbocycles. The van der Waals surface area contributed by atoms with E-state index in [2.05, 4.69) is 19.2 Å². The molecule has 18 heavy (non-hydrogen) atoms. The van der Waals surface area contributed by atoms with E-state index >= 15 is 0 Å². The topological polar surface area (TPSA) is 29.1 Å². The van der Waals surface area contributed by atoms with Crippen molar-refractivity contribution in [3.05, 3.63) is 35.4 Å². The van der Waals surface area contributed by atoms with E-state index in [4.69, 9.17) is 11.6 Å². The van der Waals surface area contributed by atoms with Gasteiger partial charge in [0.15, 0.2) is 0 Å². The van der Waals surface area contributed by atoms with Gasteiger partial charge in [0, 0.05) is 18.0 Å². The number of carbonyl (C=O) groups is 1. The molecule has 1 rings (SSSR count). The van der Waals surface area contributed by atoms with Gasteiger partial charge < -0.3 is 5.32 Å². The number of rotatable bonds is 6. The molecule has 2 nitrogen and oxygen atoms in total. The standard InChI is InChI=1S/C15H22ClNO/c1-12-6-4-7-13(10-12)14(18)17-11-15(2,3)8-5-9-16/h4,6-7,10H,5,8-9,11H2,1-3H3,(H,17,18). The van der Waals surface area contributed by atoms with Gasteiger partial charge in [0.1, 0.15) is 0 Å². The SMILES string of the molecule is Cc1cccc(C(=O)NCC(C)(C)CCCCl)c1. The zero-order chi connectivity index (χ0) is 13.6. The number of carbonyl (C=O) groups excluding carboxylic acids is 1. The fourth-order valence-electron chi connectivity index (χ4n) is 1.84. The molecule has 1 amide bonds. The van der Waals surface area contributed by atoms with Crippen LogP contribution in [0.3, 0.4) is 0 Å². The van der Waals surface area contributed by atoms with Crippen LogP contribution in [0.15, 0.2) is 24.3 Å². The van der Waals surface area contributed by atoms with E-state index < -0.39 is 0 Å². The van der Waals surface area contributed by atoms with Crippen LogP contribution in [-0.4, -0.2) is 18.3 Å². The molecular weight excluding hydrogens is 246 g/mol. The molecule has 1 N–H and O–H groups in total. The first kappa shape index (κ1) is 15.0. The first-order valence-corrected chi connectivity index (χ1v) is 6.89. The summed E-state index contributed by atoms with van der Waals surface area (Å²) >= 11 is 5.70. The van der Waals surface area contributed by atoms with Crippen LogP contribution in [0.1, 0.15) is 42.6 Å². The molecule has 0 saturated heterocycles. The number of halogens is 1. The van der Waals surface area contributed by atoms with E-state index in [0.29, 0.717) is 12.4 Å². The van der Waals surface area contributed by atoms with E-state index in [9.17, 15) is 4.79 Å². The minimum Gasteiger partial charge on any atom is -0.352 e. The van der Waals surface area contributed by atoms with E-state index in [0.717, 1.165) is 24.0 Å². The summed E-state index contributed by atoms with van der Waals surface area (Å²) in [5.41, 5.74) is 1.92. The molecule has 0 fully saturated rings. The minimum absolute atomic E-state index is 0.00218. The van der Waals surface area contributed by atoms with Gasteiger partial charge >= 0.3 is 0 Å². The second-order valence-electron chi connectivity index (χ2n) is 5.51. The molecule has 1 aromatic rings. The summed E-state index contributed by atoms with van der Waals surface area (Å²) < 4.78 is 0. The molecule has 0 heterocycles. The summed E-state index contributed by atoms with van der Waals surface area (Å²) in [5, 5.41) is 2.99. The van der Waals surface area contributed by atoms with E-state index in [-0.39, 0.29) is 11.3 Å². The van der Waals surface area contributed by atoms with Crippen LogP contribution in [0.5, 0.6) is 0 Å². The first-order valence-electron chi connectivity index (χ1n) is 6.35. The molecule has 0 bridgehead atoms. The molecule has 3 heteroatoms. The van der Waals surface area contributed by atoms with Crippen LogP contribution < -0.4 is 5.32 Å². The molecule has 0 aromatic heterocycles. The number of hydrogen-bond donors (Lipinski definition) is 1. The van der Waals surface area contributed by atoms with Crippen LogP contribution in [0.4, 0.5) is 0 Å². The largest absolute Gasteiger partial charge is 0.352 e. The third-order valence-electron chi connectivity index (χ3n) is 2.99. The summed E-state index contributed by atoms with van der Waals surface area (Å²) in [6, 6.07) is 7.64. The Bertz CT molecular complexity index is 401. The highest BCUT2D eigenvalue weighted by molar-refractivity contribution is 6.17. The highest BCUT2D eigenvalue weighted by Crippen LogP contribution is 2.21. The van der Waals surface area contributed by atoms with Gasteiger partial charge in [-0.05, 0) is 37.3 Å². The Kier molecular flexibility index (Phi) is 5.67. The molecule has 100 valence electrons. The summed E-state index contributed by atoms with van der Waals surface area (Å²) in [5.74, 6) is 0.674. The van der Waals surface area contributed by atoms with Gasteiger partial charge in [-0.25, -0.2) is 0 Å². The average Bonchev–Trinajstić information content (AvgIpc) is 2.34. The third kappa shape index (κ3) is 5.09. The second-order valence-corrected chi connectivity index (χ2v) is 5.89. The lowest BCUT2D eigenvalue weighted by Gasteiger charge is -2.24. The third-order valence-corrected chi connectivity index (χ3v) is 3.26. The van der Waals surface area contributed by atoms with Crippen molar-refractivity contribution in [2.45, 2.75) is 33.6 Å². The molecule has 0 spiro atoms. The maximum Gasteiger partial charge on any atom is 0.251 e. The number of alkyl halides is 1. The smallest absolute Gasteiger partial charge is 0.251 e. The van der Waals surface area contributed by atoms with Crippen molar-refractivity contribution in [1.29, 1.82) is 0 Å². The summed E-state index contributed by atoms with van der Waals surface area (Å²) in [6.45, 7) is 6.96. The van der Waals surface area contributed by atoms with Gasteiger partial charge in [0.25, 0.3) is 5.91 Å². The van der Waals surface area contributed by atoms with Crippen molar-refractivity contribution in [2.24, 2.45) is 5.41 Å². The Balaban J connectivity index is 2.50. The van der Waals surface area contributed by atoms with Crippen molar-refractivity contribution < 1.29 is 4.79 Å². The molecule has 0 atom stereocenters. The molecule has 0 unspecified atom stereocenters. The molecule has 0 aliphatic heterocycles. The summed E-state index contributed by atoms with van der Waals surface area (Å²) in [6.07, 6.45) is 2.00. The zero-order valence-electron chi connectivity index (χ0n) is 11.4. The van der Waals surface area contributed by atoms with Crippen molar-refractivity contribution in [3.63, 3.8) is 0 Å². The maximum absolute atomic E-state index is 12.0. The van der Waals surface area contributed by atoms with Gasteiger partial charge in [-0.3, -0.25) is 4.79 Å². The molecule has 0 radical (unpaired) electrons. The van der Waals surface area contributed by atoms with Gasteiger partial charge in [-0.1, -0.05) is 31.5 Å². The first-order chi connectivity index (χ1) is 8.44. The molecule has 0 aliphatic rings. The summed E-state index contributed by atoms with van der Waals surface area (Å²) in [4.78, 5) is 12.0. The average molecular weight is 268 g/mol. The zero-order valence-corrected chi connectivity index (χ0v) is 12.2. The van der Waals surface area contributed by atoms with E-state index in [1.165, 1.54) is 0 Å². The van der Waals surface area contributed by atoms with Gasteiger partial charge in [0.05, 0.1) is 0 Å². The van der Waals surface area contributed by atoms with Gasteiger partial charge in [0.2, 0.25) is 0 Å². The number of hydrogen-bond acceptors (Lipinski definition) is 1. The lowest BCUT2D eigenvalue weighted by atomic mass is 9.88. The second kappa shape index (κ2) is 6.79. The van der Waals surface area contributed by atoms with E-state index in [1.54, 1.807) is 0 Å². The number of nitrogens with one attached hydrogen (secondary N) is 1. The number of benzene rings is 1. The molecule has 0 aliphatic carbocycles. The predicted octanol–water partition coefficient (Wildman–Crippen LogP) is 3.77. The van der Waals surface area contributed by atoms with Crippen molar-refractivity contribution in [2.75, 3.05) is 12.4 Å². The lowest BCUT2D eigenvalue weighted by molar-refractivity contribution is 0.0934. The van der Waals surface area contributed by atoms with Crippen LogP contribution in [-0.2, 0) is 0 Å². The van der Waals surface area contributed by atoms with Gasteiger partial charge in [-0.15, -0.1) is 11.6 Å². The fourth-order valence-corrected chi connectivity index (χ4v) is 1.98. The Labute approximate surface area is 115 Å².